The summed E-state index contributed by atoms with van der Waals surface area (Å²) in [5.41, 5.74) is 3.40. The number of fused-ring (bicyclic) bond motifs is 3. The van der Waals surface area contributed by atoms with Gasteiger partial charge in [-0.25, -0.2) is 36.3 Å². The quantitative estimate of drug-likeness (QED) is 0.0177. The Kier molecular flexibility index (Phi) is 52.4. The molecule has 7 aliphatic rings. The van der Waals surface area contributed by atoms with Gasteiger partial charge < -0.3 is 82.0 Å². The molecule has 2 saturated heterocycles. The van der Waals surface area contributed by atoms with Gasteiger partial charge >= 0.3 is 55.0 Å². The van der Waals surface area contributed by atoms with Crippen LogP contribution in [-0.2, 0) is 23.5 Å². The largest absolute Gasteiger partial charge is 1.00 e. The fourth-order valence-corrected chi connectivity index (χ4v) is 16.4. The van der Waals surface area contributed by atoms with Gasteiger partial charge in [-0.2, -0.15) is 9.90 Å². The second kappa shape index (κ2) is 59.5. The van der Waals surface area contributed by atoms with E-state index in [4.69, 9.17) is 129 Å². The molecule has 0 aliphatic carbocycles. The Bertz CT molecular complexity index is 6400. The van der Waals surface area contributed by atoms with Crippen molar-refractivity contribution in [2.24, 2.45) is 0 Å². The molecule has 2 fully saturated rings. The van der Waals surface area contributed by atoms with Crippen LogP contribution in [0.4, 0.5) is 36.3 Å². The SMILES string of the molecule is C.C#C.C#CC.CC(C)(C)OC(=O)N1CC=C(B2OC(C)(C)C(C)(C)O2)CC1.CC(C)(C)OC(=O)N1CC=C(c2cccc3c2OC(c2ccc(Cl)cc2F)O3)CC1.CC(C)(C)OC(=O)N1CCC(c2cccc3c2OC(c2ccc(Cl)cc2F)O3)CC1.Fc1cc(Cl)ccc1Br.Fc1cc(Cl)ccc1C1Oc2cccc(Br)c2O1.O=Cc1cccc(Br)c1O.Oc1c(Br)cccc1C(O)c1ccc(Cl)cc1F.P.[Na+].[O-][I+3]([O-])([O-])[O-]. The molecule has 7 aliphatic heterocycles. The first-order valence-electron chi connectivity index (χ1n) is 44.9. The summed E-state index contributed by atoms with van der Waals surface area (Å²) in [4.78, 5) is 52.0. The van der Waals surface area contributed by atoms with Crippen LogP contribution in [0.5, 0.6) is 46.0 Å². The van der Waals surface area contributed by atoms with Crippen molar-refractivity contribution in [2.75, 3.05) is 39.3 Å². The number of ether oxygens (including phenoxy) is 9. The molecule has 0 aromatic heterocycles. The van der Waals surface area contributed by atoms with Gasteiger partial charge in [-0.05, 0) is 331 Å². The molecule has 25 nitrogen and oxygen atoms in total. The maximum absolute atomic E-state index is 14.3. The average Bonchev–Trinajstić information content (AvgIpc) is 1.63. The number of benzene rings is 10. The summed E-state index contributed by atoms with van der Waals surface area (Å²) < 4.78 is 168. The number of aromatic hydroxyl groups is 2. The number of likely N-dealkylation sites (tertiary alicyclic amines) is 1. The number of hydrogen-bond donors (Lipinski definition) is 3. The van der Waals surface area contributed by atoms with Crippen LogP contribution in [-0.4, -0.2) is 129 Å². The second-order valence-electron chi connectivity index (χ2n) is 36.5. The molecule has 10 aromatic carbocycles. The van der Waals surface area contributed by atoms with Crippen LogP contribution in [0.15, 0.2) is 218 Å². The predicted octanol–water partition coefficient (Wildman–Crippen LogP) is 20.0. The smallest absolute Gasteiger partial charge is 0.506 e. The minimum Gasteiger partial charge on any atom is -0.506 e. The zero-order valence-electron chi connectivity index (χ0n) is 83.6. The molecule has 5 unspecified atom stereocenters. The Balaban J connectivity index is 0.000000310. The Hall–Kier alpha value is -8.36. The monoisotopic (exact) mass is 2570 g/mol. The van der Waals surface area contributed by atoms with Crippen LogP contribution >= 0.6 is 132 Å². The number of rotatable bonds is 9. The standard InChI is InChI=1S/C23H25ClFNO4.C23H23ClFNO4.C16H28BNO4.C13H7BrClFO2.C13H9BrClFO2.C7H5BrO2.C6H3BrClF.C3H4.C2H2.CH4.IO4.Na.H3P/c2*1-23(2,3)30-22(27)26-11-9-14(10-12-26)16-5-4-6-19-20(16)29-21(28-19)17-8-7-15(24)13-18(17)25;1-14(2,3)20-13(19)18-10-8-12(9-11-18)17-21-15(4,5)16(6,7)22-17;14-9-2-1-3-11-12(9)18-13(17-11)8-5-4-7(15)6-10(8)16;14-10-3-1-2-9(13(10)18)12(17)8-5-4-7(15)6-11(8)16;8-6-3-1-2-5(4-9)7(6)10;7-5-2-1-4(8)3-6(5)9;1-3-2;1-2;;2-1(3,4)5;;/h4-8,13-14,21H,9-12H2,1-3H3;4-9,13,21H,10-12H2,1-3H3;8H,9-11H2,1-7H3;1-6,13H;1-6,12,17-18H;1-4,10H;1-3H;1H,2H3;1-2H;1H4;;;1H3/q;;;;;;;;;;-1;+1;. The molecule has 43 heteroatoms. The maximum atomic E-state index is 14.3. The third-order valence-electron chi connectivity index (χ3n) is 21.8. The molecule has 0 spiro atoms. The van der Waals surface area contributed by atoms with Crippen LogP contribution in [0.3, 0.4) is 0 Å². The molecular formula is C107H113BBr4Cl5F5IN3NaO22P. The number of nitrogens with zero attached hydrogens (tertiary/aromatic N) is 3. The number of piperidine rings is 1. The number of terminal acetylenes is 2. The molecular weight excluding hydrogens is 2460 g/mol. The van der Waals surface area contributed by atoms with Crippen LogP contribution in [0, 0.1) is 54.3 Å². The van der Waals surface area contributed by atoms with E-state index in [-0.39, 0.29) is 128 Å². The van der Waals surface area contributed by atoms with Crippen molar-refractivity contribution in [2.45, 2.75) is 189 Å². The minimum absolute atomic E-state index is 0. The van der Waals surface area contributed by atoms with Gasteiger partial charge in [0.1, 0.15) is 83.6 Å². The molecule has 7 heterocycles. The number of amides is 3. The normalized spacial score (nSPS) is 16.2. The van der Waals surface area contributed by atoms with E-state index in [9.17, 15) is 51.3 Å². The number of aliphatic hydroxyl groups excluding tert-OH is 1. The number of carbonyl (C=O) groups is 4. The van der Waals surface area contributed by atoms with Crippen LogP contribution in [0.1, 0.15) is 210 Å². The number of aldehydes is 1. The number of halogens is 15. The number of carbonyl (C=O) groups excluding carboxylic acids is 4. The molecule has 150 heavy (non-hydrogen) atoms. The van der Waals surface area contributed by atoms with E-state index in [0.717, 1.165) is 52.0 Å². The third-order valence-corrected chi connectivity index (χ3v) is 25.5. The van der Waals surface area contributed by atoms with Crippen LogP contribution in [0.25, 0.3) is 5.57 Å². The van der Waals surface area contributed by atoms with Gasteiger partial charge in [0.2, 0.25) is 0 Å². The molecule has 17 rings (SSSR count). The van der Waals surface area contributed by atoms with E-state index in [1.165, 1.54) is 42.5 Å². The number of hydrogen-bond acceptors (Lipinski definition) is 22. The Morgan fingerprint density at radius 1 is 0.487 bits per heavy atom. The third kappa shape index (κ3) is 39.5. The van der Waals surface area contributed by atoms with Gasteiger partial charge in [0, 0.05) is 86.6 Å². The van der Waals surface area contributed by atoms with E-state index in [2.05, 4.69) is 88.9 Å². The Morgan fingerprint density at radius 2 is 0.853 bits per heavy atom. The fraction of sp³-hybridized carbons (Fsp3) is 0.327. The summed E-state index contributed by atoms with van der Waals surface area (Å²) >= 11 is 35.1. The molecule has 3 N–H and O–H groups in total. The van der Waals surface area contributed by atoms with Crippen molar-refractivity contribution in [3.63, 3.8) is 0 Å². The molecule has 0 saturated carbocycles. The summed E-state index contributed by atoms with van der Waals surface area (Å²) in [7, 11) is -0.314. The van der Waals surface area contributed by atoms with Gasteiger partial charge in [0.05, 0.1) is 51.3 Å². The topological polar surface area (TPSA) is 332 Å². The zero-order chi connectivity index (χ0) is 109. The van der Waals surface area contributed by atoms with Gasteiger partial charge in [0.15, 0.2) is 40.8 Å². The zero-order valence-corrected chi connectivity index (χ0v) is 99.3. The number of phenols is 2. The molecule has 0 bridgehead atoms. The van der Waals surface area contributed by atoms with Gasteiger partial charge in [-0.1, -0.05) is 132 Å². The molecule has 802 valence electrons. The summed E-state index contributed by atoms with van der Waals surface area (Å²) in [6.45, 7) is 30.0. The van der Waals surface area contributed by atoms with Crippen molar-refractivity contribution < 1.29 is 172 Å². The second-order valence-corrected chi connectivity index (χ2v) is 44.3. The summed E-state index contributed by atoms with van der Waals surface area (Å²) in [6.07, 6.45) is 15.6. The Labute approximate surface area is 961 Å². The molecule has 5 atom stereocenters. The molecule has 3 amide bonds. The van der Waals surface area contributed by atoms with Crippen LogP contribution < -0.4 is 91.8 Å². The minimum atomic E-state index is -5.94. The first-order valence-corrected chi connectivity index (χ1v) is 53.5. The van der Waals surface area contributed by atoms with E-state index in [1.54, 1.807) is 113 Å². The van der Waals surface area contributed by atoms with E-state index < -0.39 is 85.1 Å². The first kappa shape index (κ1) is 132. The fourth-order valence-electron chi connectivity index (χ4n) is 14.2. The van der Waals surface area contributed by atoms with Gasteiger partial charge in [-0.15, -0.1) is 25.2 Å². The molecule has 10 aromatic rings. The number of aliphatic hydroxyl groups is 1. The number of para-hydroxylation sites is 5. The average molecular weight is 2580 g/mol. The summed E-state index contributed by atoms with van der Waals surface area (Å²) in [5.74, 6) is 3.56. The Morgan fingerprint density at radius 3 is 1.25 bits per heavy atom. The summed E-state index contributed by atoms with van der Waals surface area (Å²) in [6, 6.07) is 48.2. The van der Waals surface area contributed by atoms with E-state index >= 15 is 0 Å². The van der Waals surface area contributed by atoms with E-state index in [1.807, 2.05) is 145 Å². The van der Waals surface area contributed by atoms with Crippen molar-refractivity contribution in [3.05, 3.63) is 316 Å². The van der Waals surface area contributed by atoms with E-state index in [0.29, 0.717) is 137 Å². The van der Waals surface area contributed by atoms with Crippen molar-refractivity contribution in [3.8, 4) is 71.2 Å². The van der Waals surface area contributed by atoms with Gasteiger partial charge in [0.25, 0.3) is 18.9 Å². The predicted molar refractivity (Wildman–Crippen MR) is 574 cm³/mol. The van der Waals surface area contributed by atoms with Crippen molar-refractivity contribution >= 4 is 169 Å². The summed E-state index contributed by atoms with van der Waals surface area (Å²) in [5, 5.41) is 30.7. The van der Waals surface area contributed by atoms with Crippen molar-refractivity contribution in [1.82, 2.24) is 14.7 Å². The van der Waals surface area contributed by atoms with Crippen molar-refractivity contribution in [1.29, 1.82) is 0 Å². The number of phenolic OH excluding ortho intramolecular Hbond substituents is 2. The van der Waals surface area contributed by atoms with Crippen LogP contribution in [0.2, 0.25) is 25.1 Å². The first-order chi connectivity index (χ1) is 68.8. The van der Waals surface area contributed by atoms with Gasteiger partial charge in [-0.3, -0.25) is 18.5 Å². The maximum Gasteiger partial charge on any atom is 1.00 e. The molecule has 0 radical (unpaired) electrons.